The van der Waals surface area contributed by atoms with Crippen LogP contribution in [-0.2, 0) is 6.61 Å². The second-order valence-electron chi connectivity index (χ2n) is 6.28. The van der Waals surface area contributed by atoms with Crippen LogP contribution in [0.2, 0.25) is 5.02 Å². The molecule has 0 bridgehead atoms. The zero-order valence-corrected chi connectivity index (χ0v) is 15.9. The monoisotopic (exact) mass is 392 g/mol. The van der Waals surface area contributed by atoms with Crippen molar-refractivity contribution < 1.29 is 18.7 Å². The van der Waals surface area contributed by atoms with Crippen LogP contribution < -0.4 is 9.47 Å². The summed E-state index contributed by atoms with van der Waals surface area (Å²) in [6.45, 7) is 0.402. The molecule has 3 aromatic carbocycles. The van der Waals surface area contributed by atoms with Crippen molar-refractivity contribution in [2.24, 2.45) is 0 Å². The van der Waals surface area contributed by atoms with Crippen LogP contribution in [0.3, 0.4) is 0 Å². The average Bonchev–Trinajstić information content (AvgIpc) is 3.16. The first-order chi connectivity index (χ1) is 13.6. The number of halogens is 1. The first kappa shape index (κ1) is 18.1. The van der Waals surface area contributed by atoms with E-state index in [1.165, 1.54) is 6.26 Å². The lowest BCUT2D eigenvalue weighted by Crippen LogP contribution is -2.01. The lowest BCUT2D eigenvalue weighted by atomic mass is 10.0. The third-order valence-electron chi connectivity index (χ3n) is 4.44. The summed E-state index contributed by atoms with van der Waals surface area (Å²) < 4.78 is 16.6. The van der Waals surface area contributed by atoms with E-state index in [9.17, 15) is 4.79 Å². The van der Waals surface area contributed by atoms with E-state index >= 15 is 0 Å². The number of carbonyl (C=O) groups excluding carboxylic acids is 1. The molecule has 28 heavy (non-hydrogen) atoms. The third-order valence-corrected chi connectivity index (χ3v) is 4.69. The minimum Gasteiger partial charge on any atom is -0.497 e. The standard InChI is InChI=1S/C23H17ClO4/c1-26-18-4-2-3-16(11-18)23(25)21-14-28-22-10-9-19(12-20(21)22)27-13-15-5-7-17(24)8-6-15/h2-12,14H,13H2,1H3. The second kappa shape index (κ2) is 7.79. The molecular weight excluding hydrogens is 376 g/mol. The number of methoxy groups -OCH3 is 1. The van der Waals surface area contributed by atoms with Gasteiger partial charge in [-0.1, -0.05) is 35.9 Å². The minimum absolute atomic E-state index is 0.132. The molecule has 0 aliphatic rings. The summed E-state index contributed by atoms with van der Waals surface area (Å²) in [5, 5.41) is 1.39. The van der Waals surface area contributed by atoms with E-state index in [1.807, 2.05) is 36.4 Å². The van der Waals surface area contributed by atoms with Crippen LogP contribution >= 0.6 is 11.6 Å². The zero-order valence-electron chi connectivity index (χ0n) is 15.1. The molecule has 0 saturated carbocycles. The molecule has 5 heteroatoms. The Morgan fingerprint density at radius 1 is 1.00 bits per heavy atom. The van der Waals surface area contributed by atoms with Gasteiger partial charge in [-0.25, -0.2) is 0 Å². The number of furan rings is 1. The van der Waals surface area contributed by atoms with E-state index in [0.717, 1.165) is 5.56 Å². The Morgan fingerprint density at radius 3 is 2.61 bits per heavy atom. The first-order valence-electron chi connectivity index (χ1n) is 8.71. The van der Waals surface area contributed by atoms with E-state index in [-0.39, 0.29) is 5.78 Å². The van der Waals surface area contributed by atoms with Crippen LogP contribution in [0, 0.1) is 0 Å². The minimum atomic E-state index is -0.132. The maximum Gasteiger partial charge on any atom is 0.197 e. The SMILES string of the molecule is COc1cccc(C(=O)c2coc3ccc(OCc4ccc(Cl)cc4)cc23)c1. The van der Waals surface area contributed by atoms with Crippen molar-refractivity contribution in [1.82, 2.24) is 0 Å². The summed E-state index contributed by atoms with van der Waals surface area (Å²) in [7, 11) is 1.57. The molecule has 0 aliphatic carbocycles. The van der Waals surface area contributed by atoms with Crippen molar-refractivity contribution in [3.63, 3.8) is 0 Å². The highest BCUT2D eigenvalue weighted by Gasteiger charge is 2.17. The zero-order chi connectivity index (χ0) is 19.5. The summed E-state index contributed by atoms with van der Waals surface area (Å²) >= 11 is 5.91. The molecule has 0 spiro atoms. The Balaban J connectivity index is 1.60. The number of ketones is 1. The molecule has 0 atom stereocenters. The maximum atomic E-state index is 12.9. The van der Waals surface area contributed by atoms with Crippen LogP contribution in [0.25, 0.3) is 11.0 Å². The van der Waals surface area contributed by atoms with Gasteiger partial charge in [-0.15, -0.1) is 0 Å². The number of rotatable bonds is 6. The van der Waals surface area contributed by atoms with Crippen LogP contribution in [0.15, 0.2) is 77.4 Å². The summed E-state index contributed by atoms with van der Waals surface area (Å²) in [4.78, 5) is 12.9. The van der Waals surface area contributed by atoms with Gasteiger partial charge in [0.2, 0.25) is 0 Å². The topological polar surface area (TPSA) is 48.7 Å². The van der Waals surface area contributed by atoms with E-state index < -0.39 is 0 Å². The summed E-state index contributed by atoms with van der Waals surface area (Å²) in [6.07, 6.45) is 1.48. The van der Waals surface area contributed by atoms with E-state index in [1.54, 1.807) is 37.4 Å². The lowest BCUT2D eigenvalue weighted by molar-refractivity contribution is 0.103. The molecule has 0 N–H and O–H groups in total. The van der Waals surface area contributed by atoms with Crippen molar-refractivity contribution in [2.75, 3.05) is 7.11 Å². The predicted molar refractivity (Wildman–Crippen MR) is 108 cm³/mol. The van der Waals surface area contributed by atoms with E-state index in [2.05, 4.69) is 0 Å². The Bertz CT molecular complexity index is 1130. The highest BCUT2D eigenvalue weighted by Crippen LogP contribution is 2.29. The molecule has 0 amide bonds. The molecule has 0 aliphatic heterocycles. The third kappa shape index (κ3) is 3.73. The van der Waals surface area contributed by atoms with Crippen molar-refractivity contribution in [2.45, 2.75) is 6.61 Å². The van der Waals surface area contributed by atoms with Gasteiger partial charge in [0.1, 0.15) is 30.0 Å². The normalized spacial score (nSPS) is 10.8. The van der Waals surface area contributed by atoms with Gasteiger partial charge in [-0.2, -0.15) is 0 Å². The highest BCUT2D eigenvalue weighted by atomic mass is 35.5. The second-order valence-corrected chi connectivity index (χ2v) is 6.72. The van der Waals surface area contributed by atoms with Crippen LogP contribution in [0.5, 0.6) is 11.5 Å². The molecule has 4 aromatic rings. The molecule has 4 nitrogen and oxygen atoms in total. The van der Waals surface area contributed by atoms with Gasteiger partial charge in [0, 0.05) is 16.0 Å². The number of hydrogen-bond acceptors (Lipinski definition) is 4. The van der Waals surface area contributed by atoms with Crippen molar-refractivity contribution in [3.8, 4) is 11.5 Å². The maximum absolute atomic E-state index is 12.9. The Hall–Kier alpha value is -3.24. The Kier molecular flexibility index (Phi) is 5.04. The summed E-state index contributed by atoms with van der Waals surface area (Å²) in [5.74, 6) is 1.15. The van der Waals surface area contributed by atoms with Crippen molar-refractivity contribution in [1.29, 1.82) is 0 Å². The number of hydrogen-bond donors (Lipinski definition) is 0. The highest BCUT2D eigenvalue weighted by molar-refractivity contribution is 6.30. The number of fused-ring (bicyclic) bond motifs is 1. The number of carbonyl (C=O) groups is 1. The van der Waals surface area contributed by atoms with Gasteiger partial charge in [0.15, 0.2) is 5.78 Å². The number of benzene rings is 3. The fraction of sp³-hybridized carbons (Fsp3) is 0.0870. The van der Waals surface area contributed by atoms with Crippen LogP contribution in [0.1, 0.15) is 21.5 Å². The van der Waals surface area contributed by atoms with Gasteiger partial charge in [-0.3, -0.25) is 4.79 Å². The quantitative estimate of drug-likeness (QED) is 0.383. The first-order valence-corrected chi connectivity index (χ1v) is 9.09. The van der Waals surface area contributed by atoms with Gasteiger partial charge in [0.25, 0.3) is 0 Å². The Labute approximate surface area is 167 Å². The fourth-order valence-electron chi connectivity index (χ4n) is 2.94. The molecule has 1 aromatic heterocycles. The summed E-state index contributed by atoms with van der Waals surface area (Å²) in [6, 6.07) is 20.0. The van der Waals surface area contributed by atoms with Crippen molar-refractivity contribution >= 4 is 28.4 Å². The average molecular weight is 393 g/mol. The van der Waals surface area contributed by atoms with Gasteiger partial charge >= 0.3 is 0 Å². The molecule has 0 saturated heterocycles. The molecule has 0 radical (unpaired) electrons. The van der Waals surface area contributed by atoms with Gasteiger partial charge in [0.05, 0.1) is 12.7 Å². The lowest BCUT2D eigenvalue weighted by Gasteiger charge is -2.07. The fourth-order valence-corrected chi connectivity index (χ4v) is 3.07. The largest absolute Gasteiger partial charge is 0.497 e. The van der Waals surface area contributed by atoms with E-state index in [0.29, 0.717) is 45.2 Å². The van der Waals surface area contributed by atoms with E-state index in [4.69, 9.17) is 25.5 Å². The van der Waals surface area contributed by atoms with Crippen LogP contribution in [0.4, 0.5) is 0 Å². The predicted octanol–water partition coefficient (Wildman–Crippen LogP) is 5.90. The number of ether oxygens (including phenoxy) is 2. The van der Waals surface area contributed by atoms with Gasteiger partial charge in [-0.05, 0) is 48.0 Å². The Morgan fingerprint density at radius 2 is 1.82 bits per heavy atom. The van der Waals surface area contributed by atoms with Crippen molar-refractivity contribution in [3.05, 3.63) is 94.7 Å². The molecule has 0 fully saturated rings. The van der Waals surface area contributed by atoms with Gasteiger partial charge < -0.3 is 13.9 Å². The molecule has 0 unspecified atom stereocenters. The summed E-state index contributed by atoms with van der Waals surface area (Å²) in [5.41, 5.74) is 2.66. The molecule has 140 valence electrons. The molecule has 4 rings (SSSR count). The molecular formula is C23H17ClO4. The van der Waals surface area contributed by atoms with Crippen LogP contribution in [-0.4, -0.2) is 12.9 Å². The molecule has 1 heterocycles. The smallest absolute Gasteiger partial charge is 0.197 e.